The normalized spacial score (nSPS) is 9.39. The molecule has 0 saturated carbocycles. The second-order valence-electron chi connectivity index (χ2n) is 3.33. The van der Waals surface area contributed by atoms with Gasteiger partial charge >= 0.3 is 11.8 Å². The fourth-order valence-electron chi connectivity index (χ4n) is 1.11. The number of amides is 2. The predicted octanol–water partition coefficient (Wildman–Crippen LogP) is 0.0360. The van der Waals surface area contributed by atoms with Gasteiger partial charge in [0.1, 0.15) is 5.75 Å². The van der Waals surface area contributed by atoms with Crippen molar-refractivity contribution in [3.8, 4) is 5.75 Å². The largest absolute Gasteiger partial charge is 0.497 e. The molecule has 2 amide bonds. The van der Waals surface area contributed by atoms with Crippen LogP contribution in [0.2, 0.25) is 0 Å². The predicted molar refractivity (Wildman–Crippen MR) is 71.4 cm³/mol. The second-order valence-corrected chi connectivity index (χ2v) is 3.86. The summed E-state index contributed by atoms with van der Waals surface area (Å²) in [7, 11) is 1.54. The molecule has 0 saturated heterocycles. The first-order valence-corrected chi connectivity index (χ1v) is 5.45. The third-order valence-electron chi connectivity index (χ3n) is 1.98. The summed E-state index contributed by atoms with van der Waals surface area (Å²) in [6.45, 7) is -0.00972. The number of ether oxygens (including phenoxy) is 1. The SMILES string of the molecule is COc1ccc(NC(=O)C(=O)NCC(N)=S)cc1. The molecule has 0 spiro atoms. The smallest absolute Gasteiger partial charge is 0.313 e. The Hall–Kier alpha value is -2.15. The van der Waals surface area contributed by atoms with E-state index < -0.39 is 11.8 Å². The van der Waals surface area contributed by atoms with E-state index >= 15 is 0 Å². The van der Waals surface area contributed by atoms with E-state index in [2.05, 4.69) is 22.9 Å². The van der Waals surface area contributed by atoms with Gasteiger partial charge in [-0.25, -0.2) is 0 Å². The van der Waals surface area contributed by atoms with Crippen LogP contribution >= 0.6 is 12.2 Å². The Morgan fingerprint density at radius 1 is 1.28 bits per heavy atom. The van der Waals surface area contributed by atoms with Crippen LogP contribution in [0.25, 0.3) is 0 Å². The molecule has 0 aliphatic heterocycles. The summed E-state index contributed by atoms with van der Waals surface area (Å²) in [5.41, 5.74) is 5.69. The lowest BCUT2D eigenvalue weighted by Gasteiger charge is -2.06. The number of carbonyl (C=O) groups is 2. The van der Waals surface area contributed by atoms with Crippen LogP contribution in [-0.4, -0.2) is 30.5 Å². The molecule has 96 valence electrons. The Balaban J connectivity index is 2.52. The monoisotopic (exact) mass is 267 g/mol. The zero-order valence-corrected chi connectivity index (χ0v) is 10.5. The van der Waals surface area contributed by atoms with Gasteiger partial charge in [0.25, 0.3) is 0 Å². The first kappa shape index (κ1) is 13.9. The van der Waals surface area contributed by atoms with Gasteiger partial charge in [0.2, 0.25) is 0 Å². The van der Waals surface area contributed by atoms with Gasteiger partial charge in [0.05, 0.1) is 18.6 Å². The van der Waals surface area contributed by atoms with Gasteiger partial charge < -0.3 is 21.1 Å². The molecule has 0 bridgehead atoms. The summed E-state index contributed by atoms with van der Waals surface area (Å²) in [6, 6.07) is 6.58. The Kier molecular flexibility index (Phi) is 5.06. The maximum Gasteiger partial charge on any atom is 0.313 e. The van der Waals surface area contributed by atoms with Crippen LogP contribution in [0.3, 0.4) is 0 Å². The summed E-state index contributed by atoms with van der Waals surface area (Å²) >= 11 is 4.58. The van der Waals surface area contributed by atoms with Crippen LogP contribution in [-0.2, 0) is 9.59 Å². The fraction of sp³-hybridized carbons (Fsp3) is 0.182. The third kappa shape index (κ3) is 4.38. The van der Waals surface area contributed by atoms with Crippen LogP contribution in [0.15, 0.2) is 24.3 Å². The molecule has 0 aliphatic rings. The molecular weight excluding hydrogens is 254 g/mol. The molecule has 0 heterocycles. The number of benzene rings is 1. The van der Waals surface area contributed by atoms with Gasteiger partial charge in [-0.1, -0.05) is 12.2 Å². The van der Waals surface area contributed by atoms with E-state index in [4.69, 9.17) is 10.5 Å². The van der Waals surface area contributed by atoms with Gasteiger partial charge in [-0.05, 0) is 24.3 Å². The third-order valence-corrected chi connectivity index (χ3v) is 2.12. The van der Waals surface area contributed by atoms with Crippen LogP contribution < -0.4 is 21.1 Å². The standard InChI is InChI=1S/C11H13N3O3S/c1-17-8-4-2-7(3-5-8)14-11(16)10(15)13-6-9(12)18/h2-5H,6H2,1H3,(H2,12,18)(H,13,15)(H,14,16). The minimum absolute atomic E-state index is 0.00972. The Bertz CT molecular complexity index is 459. The molecule has 0 unspecified atom stereocenters. The molecule has 1 aromatic carbocycles. The van der Waals surface area contributed by atoms with Gasteiger partial charge in [-0.15, -0.1) is 0 Å². The van der Waals surface area contributed by atoms with Crippen LogP contribution in [0.5, 0.6) is 5.75 Å². The van der Waals surface area contributed by atoms with Crippen molar-refractivity contribution in [1.82, 2.24) is 5.32 Å². The highest BCUT2D eigenvalue weighted by atomic mass is 32.1. The molecule has 18 heavy (non-hydrogen) atoms. The Morgan fingerprint density at radius 3 is 2.39 bits per heavy atom. The van der Waals surface area contributed by atoms with Crippen molar-refractivity contribution in [2.75, 3.05) is 19.0 Å². The maximum absolute atomic E-state index is 11.4. The topological polar surface area (TPSA) is 93.4 Å². The highest BCUT2D eigenvalue weighted by Gasteiger charge is 2.13. The van der Waals surface area contributed by atoms with Crippen molar-refractivity contribution >= 4 is 34.7 Å². The lowest BCUT2D eigenvalue weighted by atomic mass is 10.3. The van der Waals surface area contributed by atoms with Crippen molar-refractivity contribution in [3.05, 3.63) is 24.3 Å². The number of hydrogen-bond donors (Lipinski definition) is 3. The summed E-state index contributed by atoms with van der Waals surface area (Å²) < 4.78 is 4.97. The maximum atomic E-state index is 11.4. The summed E-state index contributed by atoms with van der Waals surface area (Å²) in [4.78, 5) is 22.9. The van der Waals surface area contributed by atoms with Gasteiger partial charge in [-0.3, -0.25) is 9.59 Å². The molecule has 1 aromatic rings. The lowest BCUT2D eigenvalue weighted by molar-refractivity contribution is -0.135. The molecular formula is C11H13N3O3S. The molecule has 0 radical (unpaired) electrons. The first-order chi connectivity index (χ1) is 8.52. The van der Waals surface area contributed by atoms with Crippen LogP contribution in [0.1, 0.15) is 0 Å². The van der Waals surface area contributed by atoms with Crippen molar-refractivity contribution in [2.24, 2.45) is 5.73 Å². The molecule has 6 nitrogen and oxygen atoms in total. The molecule has 1 rings (SSSR count). The zero-order chi connectivity index (χ0) is 13.5. The zero-order valence-electron chi connectivity index (χ0n) is 9.73. The van der Waals surface area contributed by atoms with E-state index in [1.807, 2.05) is 0 Å². The van der Waals surface area contributed by atoms with Crippen LogP contribution in [0, 0.1) is 0 Å². The van der Waals surface area contributed by atoms with E-state index in [1.54, 1.807) is 24.3 Å². The van der Waals surface area contributed by atoms with Gasteiger partial charge in [0.15, 0.2) is 0 Å². The number of hydrogen-bond acceptors (Lipinski definition) is 4. The van der Waals surface area contributed by atoms with Gasteiger partial charge in [0, 0.05) is 5.69 Å². The lowest BCUT2D eigenvalue weighted by Crippen LogP contribution is -2.39. The summed E-state index contributed by atoms with van der Waals surface area (Å²) in [5.74, 6) is -0.916. The minimum Gasteiger partial charge on any atom is -0.497 e. The number of methoxy groups -OCH3 is 1. The van der Waals surface area contributed by atoms with Crippen molar-refractivity contribution in [3.63, 3.8) is 0 Å². The average molecular weight is 267 g/mol. The highest BCUT2D eigenvalue weighted by molar-refractivity contribution is 7.80. The number of carbonyl (C=O) groups excluding carboxylic acids is 2. The van der Waals surface area contributed by atoms with E-state index in [9.17, 15) is 9.59 Å². The quantitative estimate of drug-likeness (QED) is 0.529. The number of anilines is 1. The molecule has 0 aromatic heterocycles. The number of thiocarbonyl (C=S) groups is 1. The minimum atomic E-state index is -0.793. The van der Waals surface area contributed by atoms with Crippen LogP contribution in [0.4, 0.5) is 5.69 Å². The molecule has 7 heteroatoms. The Labute approximate surface area is 109 Å². The highest BCUT2D eigenvalue weighted by Crippen LogP contribution is 2.14. The van der Waals surface area contributed by atoms with Crippen molar-refractivity contribution in [2.45, 2.75) is 0 Å². The number of nitrogens with one attached hydrogen (secondary N) is 2. The Morgan fingerprint density at radius 2 is 1.89 bits per heavy atom. The number of rotatable bonds is 4. The first-order valence-electron chi connectivity index (χ1n) is 5.04. The summed E-state index contributed by atoms with van der Waals surface area (Å²) in [5, 5.41) is 4.71. The number of nitrogens with two attached hydrogens (primary N) is 1. The molecule has 4 N–H and O–H groups in total. The van der Waals surface area contributed by atoms with Gasteiger partial charge in [-0.2, -0.15) is 0 Å². The van der Waals surface area contributed by atoms with E-state index in [0.717, 1.165) is 0 Å². The molecule has 0 aliphatic carbocycles. The molecule has 0 fully saturated rings. The fourth-order valence-corrected chi connectivity index (χ4v) is 1.18. The van der Waals surface area contributed by atoms with Crippen molar-refractivity contribution in [1.29, 1.82) is 0 Å². The van der Waals surface area contributed by atoms with E-state index in [1.165, 1.54) is 7.11 Å². The summed E-state index contributed by atoms with van der Waals surface area (Å²) in [6.07, 6.45) is 0. The average Bonchev–Trinajstić information content (AvgIpc) is 2.36. The molecule has 0 atom stereocenters. The second kappa shape index (κ2) is 6.55. The van der Waals surface area contributed by atoms with E-state index in [0.29, 0.717) is 11.4 Å². The van der Waals surface area contributed by atoms with Crippen molar-refractivity contribution < 1.29 is 14.3 Å². The van der Waals surface area contributed by atoms with E-state index in [-0.39, 0.29) is 11.5 Å².